The molecule has 0 spiro atoms. The standard InChI is InChI=1S/C45H44N6O6/c1-4-44(52)56-30-8-6-28-54-41-23-12-35(13-24-41)34-10-14-36(15-11-34)46-47-37-16-18-38(19-17-37)49-51-43-27-22-40(32-33(43)3)50-48-39-20-25-42(26-21-39)55-29-7-9-31-57-45(53)5-2/h4-5,10-27,32H,1-2,6-9,28-31H2,3H3. The van der Waals surface area contributed by atoms with Gasteiger partial charge in [0.15, 0.2) is 0 Å². The van der Waals surface area contributed by atoms with Crippen LogP contribution in [-0.2, 0) is 19.1 Å². The minimum atomic E-state index is -0.416. The van der Waals surface area contributed by atoms with Crippen LogP contribution in [0.2, 0.25) is 0 Å². The Morgan fingerprint density at radius 3 is 1.28 bits per heavy atom. The van der Waals surface area contributed by atoms with E-state index in [0.29, 0.717) is 55.6 Å². The van der Waals surface area contributed by atoms with E-state index in [0.717, 1.165) is 71.0 Å². The van der Waals surface area contributed by atoms with Crippen LogP contribution >= 0.6 is 0 Å². The zero-order valence-corrected chi connectivity index (χ0v) is 31.8. The summed E-state index contributed by atoms with van der Waals surface area (Å²) in [5.41, 5.74) is 7.26. The first-order chi connectivity index (χ1) is 27.9. The molecule has 0 saturated carbocycles. The molecule has 12 heteroatoms. The average Bonchev–Trinajstić information content (AvgIpc) is 3.25. The first-order valence-electron chi connectivity index (χ1n) is 18.5. The molecule has 5 aromatic carbocycles. The Hall–Kier alpha value is -7.08. The van der Waals surface area contributed by atoms with Gasteiger partial charge in [0.05, 0.1) is 60.6 Å². The summed E-state index contributed by atoms with van der Waals surface area (Å²) in [7, 11) is 0. The summed E-state index contributed by atoms with van der Waals surface area (Å²) in [5, 5.41) is 26.3. The molecule has 0 aromatic heterocycles. The van der Waals surface area contributed by atoms with Gasteiger partial charge in [-0.1, -0.05) is 37.4 Å². The van der Waals surface area contributed by atoms with Crippen LogP contribution in [0.15, 0.2) is 171 Å². The lowest BCUT2D eigenvalue weighted by molar-refractivity contribution is -0.138. The van der Waals surface area contributed by atoms with Crippen molar-refractivity contribution in [2.75, 3.05) is 26.4 Å². The number of hydrogen-bond donors (Lipinski definition) is 0. The molecular formula is C45H44N6O6. The molecule has 0 radical (unpaired) electrons. The molecule has 5 aromatic rings. The maximum atomic E-state index is 11.1. The van der Waals surface area contributed by atoms with Gasteiger partial charge < -0.3 is 18.9 Å². The van der Waals surface area contributed by atoms with Gasteiger partial charge in [0, 0.05) is 12.2 Å². The summed E-state index contributed by atoms with van der Waals surface area (Å²) in [6.45, 7) is 10.5. The zero-order chi connectivity index (χ0) is 40.1. The highest BCUT2D eigenvalue weighted by Gasteiger charge is 2.03. The molecule has 0 atom stereocenters. The summed E-state index contributed by atoms with van der Waals surface area (Å²) in [6.07, 6.45) is 5.29. The van der Waals surface area contributed by atoms with E-state index in [1.807, 2.05) is 122 Å². The molecule has 57 heavy (non-hydrogen) atoms. The Morgan fingerprint density at radius 1 is 0.474 bits per heavy atom. The molecule has 290 valence electrons. The van der Waals surface area contributed by atoms with E-state index in [1.54, 1.807) is 0 Å². The highest BCUT2D eigenvalue weighted by atomic mass is 16.5. The second kappa shape index (κ2) is 22.3. The van der Waals surface area contributed by atoms with Gasteiger partial charge in [0.25, 0.3) is 0 Å². The van der Waals surface area contributed by atoms with E-state index in [9.17, 15) is 9.59 Å². The minimum Gasteiger partial charge on any atom is -0.494 e. The maximum absolute atomic E-state index is 11.1. The van der Waals surface area contributed by atoms with Crippen molar-refractivity contribution in [1.82, 2.24) is 0 Å². The molecule has 0 aliphatic carbocycles. The third kappa shape index (κ3) is 14.3. The minimum absolute atomic E-state index is 0.345. The van der Waals surface area contributed by atoms with Gasteiger partial charge in [-0.2, -0.15) is 30.7 Å². The number of nitrogens with zero attached hydrogens (tertiary/aromatic N) is 6. The van der Waals surface area contributed by atoms with Crippen LogP contribution in [0.25, 0.3) is 11.1 Å². The van der Waals surface area contributed by atoms with Crippen molar-refractivity contribution in [2.24, 2.45) is 30.7 Å². The van der Waals surface area contributed by atoms with Crippen LogP contribution in [0.5, 0.6) is 11.5 Å². The Labute approximate surface area is 332 Å². The van der Waals surface area contributed by atoms with Crippen LogP contribution in [0, 0.1) is 6.92 Å². The zero-order valence-electron chi connectivity index (χ0n) is 31.8. The Morgan fingerprint density at radius 2 is 0.825 bits per heavy atom. The quantitative estimate of drug-likeness (QED) is 0.0315. The SMILES string of the molecule is C=CC(=O)OCCCCOc1ccc(N=Nc2ccc(N=Nc3ccc(N=Nc4ccc(-c5ccc(OCCCCOC(=O)C=C)cc5)cc4)cc3)c(C)c2)cc1. The summed E-state index contributed by atoms with van der Waals surface area (Å²) >= 11 is 0. The number of esters is 2. The van der Waals surface area contributed by atoms with Crippen LogP contribution in [0.4, 0.5) is 34.1 Å². The lowest BCUT2D eigenvalue weighted by Crippen LogP contribution is -2.04. The molecule has 0 N–H and O–H groups in total. The third-order valence-corrected chi connectivity index (χ3v) is 8.19. The Kier molecular flexibility index (Phi) is 16.1. The van der Waals surface area contributed by atoms with Crippen molar-refractivity contribution in [3.63, 3.8) is 0 Å². The number of benzene rings is 5. The fraction of sp³-hybridized carbons (Fsp3) is 0.200. The van der Waals surface area contributed by atoms with Crippen molar-refractivity contribution in [3.05, 3.63) is 146 Å². The van der Waals surface area contributed by atoms with Crippen LogP contribution in [-0.4, -0.2) is 38.4 Å². The Bertz CT molecular complexity index is 2170. The summed E-state index contributed by atoms with van der Waals surface area (Å²) in [4.78, 5) is 22.1. The smallest absolute Gasteiger partial charge is 0.330 e. The van der Waals surface area contributed by atoms with Crippen molar-refractivity contribution >= 4 is 46.1 Å². The van der Waals surface area contributed by atoms with Crippen LogP contribution in [0.3, 0.4) is 0 Å². The first-order valence-corrected chi connectivity index (χ1v) is 18.5. The van der Waals surface area contributed by atoms with Gasteiger partial charge in [-0.25, -0.2) is 9.59 Å². The van der Waals surface area contributed by atoms with Gasteiger partial charge in [0.1, 0.15) is 11.5 Å². The predicted octanol–water partition coefficient (Wildman–Crippen LogP) is 12.7. The fourth-order valence-corrected chi connectivity index (χ4v) is 5.07. The highest BCUT2D eigenvalue weighted by molar-refractivity contribution is 5.81. The lowest BCUT2D eigenvalue weighted by atomic mass is 10.1. The van der Waals surface area contributed by atoms with E-state index in [2.05, 4.69) is 43.8 Å². The second-order valence-corrected chi connectivity index (χ2v) is 12.5. The van der Waals surface area contributed by atoms with E-state index in [1.165, 1.54) is 0 Å². The molecule has 0 aliphatic rings. The third-order valence-electron chi connectivity index (χ3n) is 8.19. The average molecular weight is 765 g/mol. The second-order valence-electron chi connectivity index (χ2n) is 12.5. The number of carbonyl (C=O) groups is 2. The number of unbranched alkanes of at least 4 members (excludes halogenated alkanes) is 2. The topological polar surface area (TPSA) is 145 Å². The number of aryl methyl sites for hydroxylation is 1. The van der Waals surface area contributed by atoms with Crippen molar-refractivity contribution in [1.29, 1.82) is 0 Å². The van der Waals surface area contributed by atoms with Crippen LogP contribution in [0.1, 0.15) is 31.2 Å². The lowest BCUT2D eigenvalue weighted by Gasteiger charge is -2.08. The summed E-state index contributed by atoms with van der Waals surface area (Å²) in [5.74, 6) is 0.689. The maximum Gasteiger partial charge on any atom is 0.330 e. The van der Waals surface area contributed by atoms with E-state index < -0.39 is 11.9 Å². The van der Waals surface area contributed by atoms with Gasteiger partial charge in [-0.3, -0.25) is 0 Å². The van der Waals surface area contributed by atoms with Gasteiger partial charge in [-0.05, 0) is 140 Å². The molecule has 0 unspecified atom stereocenters. The van der Waals surface area contributed by atoms with Crippen LogP contribution < -0.4 is 9.47 Å². The normalized spacial score (nSPS) is 11.2. The predicted molar refractivity (Wildman–Crippen MR) is 220 cm³/mol. The van der Waals surface area contributed by atoms with Gasteiger partial charge in [-0.15, -0.1) is 0 Å². The largest absolute Gasteiger partial charge is 0.494 e. The molecule has 12 nitrogen and oxygen atoms in total. The van der Waals surface area contributed by atoms with E-state index in [-0.39, 0.29) is 0 Å². The molecule has 5 rings (SSSR count). The van der Waals surface area contributed by atoms with Gasteiger partial charge in [0.2, 0.25) is 0 Å². The highest BCUT2D eigenvalue weighted by Crippen LogP contribution is 2.30. The molecule has 0 aliphatic heterocycles. The molecule has 0 saturated heterocycles. The molecule has 0 bridgehead atoms. The van der Waals surface area contributed by atoms with E-state index in [4.69, 9.17) is 18.9 Å². The van der Waals surface area contributed by atoms with Crippen molar-refractivity contribution < 1.29 is 28.5 Å². The van der Waals surface area contributed by atoms with Crippen molar-refractivity contribution in [2.45, 2.75) is 32.6 Å². The number of ether oxygens (including phenoxy) is 4. The molecule has 0 amide bonds. The number of azo groups is 3. The monoisotopic (exact) mass is 764 g/mol. The Balaban J connectivity index is 1.04. The number of rotatable bonds is 21. The first kappa shape index (κ1) is 41.1. The van der Waals surface area contributed by atoms with E-state index >= 15 is 0 Å². The van der Waals surface area contributed by atoms with Gasteiger partial charge >= 0.3 is 11.9 Å². The number of hydrogen-bond acceptors (Lipinski definition) is 12. The molecule has 0 fully saturated rings. The van der Waals surface area contributed by atoms with Crippen molar-refractivity contribution in [3.8, 4) is 22.6 Å². The molecule has 0 heterocycles. The summed E-state index contributed by atoms with van der Waals surface area (Å²) in [6, 6.07) is 36.1. The summed E-state index contributed by atoms with van der Waals surface area (Å²) < 4.78 is 21.5. The molecular weight excluding hydrogens is 721 g/mol. The fourth-order valence-electron chi connectivity index (χ4n) is 5.07. The number of carbonyl (C=O) groups excluding carboxylic acids is 2.